The molecule has 0 fully saturated rings. The maximum Gasteiger partial charge on any atom is 0.125 e. The number of benzene rings is 1. The van der Waals surface area contributed by atoms with Gasteiger partial charge < -0.3 is 16.2 Å². The van der Waals surface area contributed by atoms with Crippen LogP contribution in [0.3, 0.4) is 0 Å². The van der Waals surface area contributed by atoms with Crippen LogP contribution in [0, 0.1) is 25.7 Å². The van der Waals surface area contributed by atoms with Crippen LogP contribution >= 0.6 is 11.6 Å². The second-order valence-electron chi connectivity index (χ2n) is 5.63. The largest absolute Gasteiger partial charge is 0.496 e. The molecule has 4 heteroatoms. The van der Waals surface area contributed by atoms with Crippen LogP contribution in [0.2, 0.25) is 5.02 Å². The summed E-state index contributed by atoms with van der Waals surface area (Å²) >= 11 is 6.34. The third-order valence-electron chi connectivity index (χ3n) is 4.51. The minimum absolute atomic E-state index is 0.291. The zero-order valence-corrected chi connectivity index (χ0v) is 13.9. The SMILES string of the molecule is COc1c(C)cc(Cl)c(C)c1C(C)C(C)C(CN)CN. The van der Waals surface area contributed by atoms with Crippen molar-refractivity contribution < 1.29 is 4.74 Å². The van der Waals surface area contributed by atoms with E-state index in [1.807, 2.05) is 19.9 Å². The Hall–Kier alpha value is -0.770. The molecule has 0 aromatic heterocycles. The monoisotopic (exact) mass is 298 g/mol. The van der Waals surface area contributed by atoms with Gasteiger partial charge in [0.05, 0.1) is 7.11 Å². The summed E-state index contributed by atoms with van der Waals surface area (Å²) in [7, 11) is 1.71. The van der Waals surface area contributed by atoms with E-state index in [-0.39, 0.29) is 0 Å². The van der Waals surface area contributed by atoms with Gasteiger partial charge in [0, 0.05) is 10.6 Å². The van der Waals surface area contributed by atoms with Crippen molar-refractivity contribution in [2.75, 3.05) is 20.2 Å². The molecule has 0 saturated carbocycles. The summed E-state index contributed by atoms with van der Waals surface area (Å²) < 4.78 is 5.61. The van der Waals surface area contributed by atoms with E-state index in [1.165, 1.54) is 5.56 Å². The number of hydrogen-bond acceptors (Lipinski definition) is 3. The summed E-state index contributed by atoms with van der Waals surface area (Å²) in [6, 6.07) is 1.96. The van der Waals surface area contributed by atoms with Crippen LogP contribution in [-0.2, 0) is 0 Å². The van der Waals surface area contributed by atoms with Gasteiger partial charge in [-0.25, -0.2) is 0 Å². The van der Waals surface area contributed by atoms with E-state index in [9.17, 15) is 0 Å². The Kier molecular flexibility index (Phi) is 6.31. The fraction of sp³-hybridized carbons (Fsp3) is 0.625. The number of halogens is 1. The number of nitrogens with two attached hydrogens (primary N) is 2. The van der Waals surface area contributed by atoms with E-state index in [0.717, 1.165) is 21.9 Å². The highest BCUT2D eigenvalue weighted by Crippen LogP contribution is 2.41. The lowest BCUT2D eigenvalue weighted by atomic mass is 9.78. The standard InChI is InChI=1S/C16H27ClN2O/c1-9-6-14(17)12(4)15(16(9)20-5)11(3)10(2)13(7-18)8-19/h6,10-11,13H,7-8,18-19H2,1-5H3. The van der Waals surface area contributed by atoms with E-state index < -0.39 is 0 Å². The van der Waals surface area contributed by atoms with Crippen LogP contribution < -0.4 is 16.2 Å². The fourth-order valence-electron chi connectivity index (χ4n) is 2.89. The molecule has 0 spiro atoms. The molecular formula is C16H27ClN2O. The number of aryl methyl sites for hydroxylation is 1. The first kappa shape index (κ1) is 17.3. The van der Waals surface area contributed by atoms with Crippen molar-refractivity contribution in [3.05, 3.63) is 27.8 Å². The van der Waals surface area contributed by atoms with Crippen LogP contribution in [-0.4, -0.2) is 20.2 Å². The molecule has 20 heavy (non-hydrogen) atoms. The van der Waals surface area contributed by atoms with Gasteiger partial charge in [-0.2, -0.15) is 0 Å². The lowest BCUT2D eigenvalue weighted by molar-refractivity contribution is 0.318. The topological polar surface area (TPSA) is 61.3 Å². The Morgan fingerprint density at radius 2 is 1.75 bits per heavy atom. The van der Waals surface area contributed by atoms with Crippen molar-refractivity contribution in [1.82, 2.24) is 0 Å². The molecule has 0 radical (unpaired) electrons. The van der Waals surface area contributed by atoms with Crippen molar-refractivity contribution >= 4 is 11.6 Å². The molecule has 0 bridgehead atoms. The molecule has 2 unspecified atom stereocenters. The molecular weight excluding hydrogens is 272 g/mol. The third kappa shape index (κ3) is 3.27. The Balaban J connectivity index is 3.30. The zero-order chi connectivity index (χ0) is 15.4. The van der Waals surface area contributed by atoms with Crippen LogP contribution in [0.15, 0.2) is 6.07 Å². The summed E-state index contributed by atoms with van der Waals surface area (Å²) in [6.07, 6.45) is 0. The molecule has 0 aliphatic heterocycles. The molecule has 0 amide bonds. The number of ether oxygens (including phenoxy) is 1. The quantitative estimate of drug-likeness (QED) is 0.847. The molecule has 0 aliphatic rings. The maximum absolute atomic E-state index is 6.34. The molecule has 0 saturated heterocycles. The van der Waals surface area contributed by atoms with E-state index in [2.05, 4.69) is 13.8 Å². The van der Waals surface area contributed by atoms with E-state index in [1.54, 1.807) is 7.11 Å². The minimum Gasteiger partial charge on any atom is -0.496 e. The smallest absolute Gasteiger partial charge is 0.125 e. The summed E-state index contributed by atoms with van der Waals surface area (Å²) in [5.74, 6) is 1.89. The predicted molar refractivity (Wildman–Crippen MR) is 86.7 cm³/mol. The van der Waals surface area contributed by atoms with Crippen molar-refractivity contribution in [3.63, 3.8) is 0 Å². The fourth-order valence-corrected chi connectivity index (χ4v) is 3.16. The highest BCUT2D eigenvalue weighted by atomic mass is 35.5. The normalized spacial score (nSPS) is 14.4. The average Bonchev–Trinajstić information content (AvgIpc) is 2.42. The van der Waals surface area contributed by atoms with E-state index in [0.29, 0.717) is 30.8 Å². The minimum atomic E-state index is 0.291. The Morgan fingerprint density at radius 1 is 1.20 bits per heavy atom. The summed E-state index contributed by atoms with van der Waals surface area (Å²) in [5.41, 5.74) is 15.0. The molecule has 0 aliphatic carbocycles. The second-order valence-corrected chi connectivity index (χ2v) is 6.03. The molecule has 2 atom stereocenters. The predicted octanol–water partition coefficient (Wildman–Crippen LogP) is 3.24. The van der Waals surface area contributed by atoms with Gasteiger partial charge in [0.1, 0.15) is 5.75 Å². The van der Waals surface area contributed by atoms with Gasteiger partial charge in [0.25, 0.3) is 0 Å². The Morgan fingerprint density at radius 3 is 2.20 bits per heavy atom. The van der Waals surface area contributed by atoms with Gasteiger partial charge in [0.15, 0.2) is 0 Å². The molecule has 1 aromatic rings. The van der Waals surface area contributed by atoms with Crippen molar-refractivity contribution in [2.24, 2.45) is 23.3 Å². The summed E-state index contributed by atoms with van der Waals surface area (Å²) in [5, 5.41) is 0.786. The Labute approximate surface area is 127 Å². The number of rotatable bonds is 6. The van der Waals surface area contributed by atoms with Crippen LogP contribution in [0.4, 0.5) is 0 Å². The van der Waals surface area contributed by atoms with Crippen molar-refractivity contribution in [3.8, 4) is 5.75 Å². The average molecular weight is 299 g/mol. The van der Waals surface area contributed by atoms with E-state index >= 15 is 0 Å². The molecule has 0 heterocycles. The first-order valence-corrected chi connectivity index (χ1v) is 7.50. The lowest BCUT2D eigenvalue weighted by Crippen LogP contribution is -2.32. The number of methoxy groups -OCH3 is 1. The summed E-state index contributed by atoms with van der Waals surface area (Å²) in [4.78, 5) is 0. The Bertz CT molecular complexity index is 458. The second kappa shape index (κ2) is 7.30. The molecule has 114 valence electrons. The molecule has 4 N–H and O–H groups in total. The first-order chi connectivity index (χ1) is 9.38. The van der Waals surface area contributed by atoms with Gasteiger partial charge in [-0.3, -0.25) is 0 Å². The highest BCUT2D eigenvalue weighted by molar-refractivity contribution is 6.31. The molecule has 1 rings (SSSR count). The lowest BCUT2D eigenvalue weighted by Gasteiger charge is -2.30. The van der Waals surface area contributed by atoms with Crippen LogP contribution in [0.25, 0.3) is 0 Å². The van der Waals surface area contributed by atoms with Gasteiger partial charge in [-0.05, 0) is 61.9 Å². The van der Waals surface area contributed by atoms with Gasteiger partial charge >= 0.3 is 0 Å². The first-order valence-electron chi connectivity index (χ1n) is 7.12. The highest BCUT2D eigenvalue weighted by Gasteiger charge is 2.27. The zero-order valence-electron chi connectivity index (χ0n) is 13.2. The van der Waals surface area contributed by atoms with E-state index in [4.69, 9.17) is 27.8 Å². The van der Waals surface area contributed by atoms with Crippen molar-refractivity contribution in [1.29, 1.82) is 0 Å². The number of hydrogen-bond donors (Lipinski definition) is 2. The van der Waals surface area contributed by atoms with Crippen LogP contribution in [0.5, 0.6) is 5.75 Å². The van der Waals surface area contributed by atoms with Crippen molar-refractivity contribution in [2.45, 2.75) is 33.6 Å². The molecule has 1 aromatic carbocycles. The van der Waals surface area contributed by atoms with Gasteiger partial charge in [0.2, 0.25) is 0 Å². The van der Waals surface area contributed by atoms with Gasteiger partial charge in [-0.1, -0.05) is 25.4 Å². The maximum atomic E-state index is 6.34. The summed E-state index contributed by atoms with van der Waals surface area (Å²) in [6.45, 7) is 9.66. The molecule has 3 nitrogen and oxygen atoms in total. The van der Waals surface area contributed by atoms with Gasteiger partial charge in [-0.15, -0.1) is 0 Å². The van der Waals surface area contributed by atoms with Crippen LogP contribution in [0.1, 0.15) is 36.5 Å². The third-order valence-corrected chi connectivity index (χ3v) is 4.90.